The van der Waals surface area contributed by atoms with Gasteiger partial charge in [-0.1, -0.05) is 26.2 Å². The van der Waals surface area contributed by atoms with Crippen LogP contribution in [0.5, 0.6) is 0 Å². The van der Waals surface area contributed by atoms with E-state index < -0.39 is 17.7 Å². The molecule has 2 saturated carbocycles. The van der Waals surface area contributed by atoms with Crippen molar-refractivity contribution in [1.82, 2.24) is 4.98 Å². The highest BCUT2D eigenvalue weighted by Crippen LogP contribution is 2.61. The fourth-order valence-corrected chi connectivity index (χ4v) is 7.76. The van der Waals surface area contributed by atoms with E-state index in [9.17, 15) is 0 Å². The Balaban J connectivity index is 1.39. The molecule has 164 valence electrons. The average molecular weight is 432 g/mol. The zero-order valence-corrected chi connectivity index (χ0v) is 19.1. The van der Waals surface area contributed by atoms with Crippen LogP contribution in [0, 0.1) is 17.8 Å². The van der Waals surface area contributed by atoms with Crippen molar-refractivity contribution in [3.8, 4) is 0 Å². The van der Waals surface area contributed by atoms with Gasteiger partial charge >= 0.3 is 0 Å². The summed E-state index contributed by atoms with van der Waals surface area (Å²) in [6.45, 7) is 6.54. The number of ether oxygens (including phenoxy) is 2. The first-order valence-corrected chi connectivity index (χ1v) is 12.8. The quantitative estimate of drug-likeness (QED) is 0.524. The topological polar surface area (TPSA) is 49.8 Å². The Labute approximate surface area is 183 Å². The Morgan fingerprint density at radius 2 is 1.90 bits per heavy atom. The fraction of sp³-hybridized carbons (Fsp3) is 0.792. The maximum atomic E-state index is 6.64. The molecule has 1 spiro atoms. The Kier molecular flexibility index (Phi) is 4.62. The maximum Gasteiger partial charge on any atom is 0.236 e. The van der Waals surface area contributed by atoms with E-state index in [4.69, 9.17) is 24.2 Å². The smallest absolute Gasteiger partial charge is 0.236 e. The molecule has 1 aromatic rings. The van der Waals surface area contributed by atoms with Crippen molar-refractivity contribution < 1.29 is 19.2 Å². The van der Waals surface area contributed by atoms with Crippen LogP contribution < -0.4 is 0 Å². The van der Waals surface area contributed by atoms with Gasteiger partial charge < -0.3 is 9.47 Å². The molecule has 2 aliphatic carbocycles. The first-order valence-electron chi connectivity index (χ1n) is 11.9. The minimum atomic E-state index is -0.732. The Morgan fingerprint density at radius 1 is 1.07 bits per heavy atom. The van der Waals surface area contributed by atoms with E-state index in [0.29, 0.717) is 17.8 Å². The molecule has 5 heterocycles. The van der Waals surface area contributed by atoms with Gasteiger partial charge in [0, 0.05) is 29.6 Å². The molecule has 3 saturated heterocycles. The molecule has 7 rings (SSSR count). The highest BCUT2D eigenvalue weighted by Gasteiger charge is 2.68. The van der Waals surface area contributed by atoms with Gasteiger partial charge in [-0.3, -0.25) is 0 Å². The van der Waals surface area contributed by atoms with E-state index in [0.717, 1.165) is 30.0 Å². The van der Waals surface area contributed by atoms with Crippen LogP contribution in [0.15, 0.2) is 11.0 Å². The predicted molar refractivity (Wildman–Crippen MR) is 114 cm³/mol. The lowest BCUT2D eigenvalue weighted by Crippen LogP contribution is -2.66. The summed E-state index contributed by atoms with van der Waals surface area (Å²) in [7, 11) is 0. The Bertz CT molecular complexity index is 861. The van der Waals surface area contributed by atoms with E-state index in [1.165, 1.54) is 49.8 Å². The van der Waals surface area contributed by atoms with Gasteiger partial charge in [-0.25, -0.2) is 14.8 Å². The van der Waals surface area contributed by atoms with Gasteiger partial charge in [-0.2, -0.15) is 0 Å². The average Bonchev–Trinajstić information content (AvgIpc) is 3.13. The molecule has 0 aromatic carbocycles. The van der Waals surface area contributed by atoms with Crippen molar-refractivity contribution in [2.45, 2.75) is 102 Å². The molecule has 2 unspecified atom stereocenters. The van der Waals surface area contributed by atoms with Gasteiger partial charge in [-0.15, -0.1) is 11.3 Å². The highest BCUT2D eigenvalue weighted by atomic mass is 32.1. The first kappa shape index (κ1) is 19.7. The number of aromatic nitrogens is 1. The molecule has 6 atom stereocenters. The number of thiazole rings is 1. The molecule has 6 heteroatoms. The Hall–Kier alpha value is -0.950. The van der Waals surface area contributed by atoms with Crippen LogP contribution in [-0.4, -0.2) is 22.7 Å². The molecule has 5 fully saturated rings. The van der Waals surface area contributed by atoms with Gasteiger partial charge in [0.15, 0.2) is 16.4 Å². The third kappa shape index (κ3) is 2.79. The molecule has 0 N–H and O–H groups in total. The van der Waals surface area contributed by atoms with Gasteiger partial charge in [0.05, 0.1) is 5.69 Å². The lowest BCUT2D eigenvalue weighted by Gasteiger charge is -2.57. The maximum absolute atomic E-state index is 6.64. The summed E-state index contributed by atoms with van der Waals surface area (Å²) >= 11 is 1.73. The van der Waals surface area contributed by atoms with Crippen molar-refractivity contribution >= 4 is 17.1 Å². The molecule has 6 aliphatic rings. The van der Waals surface area contributed by atoms with Crippen LogP contribution in [0.4, 0.5) is 0 Å². The lowest BCUT2D eigenvalue weighted by molar-refractivity contribution is -0.553. The third-order valence-electron chi connectivity index (χ3n) is 8.56. The SMILES string of the molecule is CC1=C(c2nc(C3CCCCC3)cs2)OC2OC3(C)CC[C@H]4[C@H](C)CC[C@@H]1[C@@]24OO3. The molecular weight excluding hydrogens is 398 g/mol. The second-order valence-electron chi connectivity index (χ2n) is 10.4. The van der Waals surface area contributed by atoms with Crippen molar-refractivity contribution in [3.05, 3.63) is 21.7 Å². The zero-order valence-electron chi connectivity index (χ0n) is 18.3. The molecule has 5 nitrogen and oxygen atoms in total. The summed E-state index contributed by atoms with van der Waals surface area (Å²) in [5, 5.41) is 3.26. The van der Waals surface area contributed by atoms with Gasteiger partial charge in [0.2, 0.25) is 12.1 Å². The van der Waals surface area contributed by atoms with Gasteiger partial charge in [0.1, 0.15) is 0 Å². The second kappa shape index (κ2) is 7.03. The van der Waals surface area contributed by atoms with Crippen LogP contribution in [0.3, 0.4) is 0 Å². The summed E-state index contributed by atoms with van der Waals surface area (Å²) < 4.78 is 13.1. The van der Waals surface area contributed by atoms with Crippen molar-refractivity contribution in [3.63, 3.8) is 0 Å². The molecular formula is C24H33NO4S. The third-order valence-corrected chi connectivity index (χ3v) is 9.42. The van der Waals surface area contributed by atoms with E-state index in [2.05, 4.69) is 19.2 Å². The van der Waals surface area contributed by atoms with Crippen LogP contribution in [-0.2, 0) is 19.2 Å². The summed E-state index contributed by atoms with van der Waals surface area (Å²) in [4.78, 5) is 17.2. The van der Waals surface area contributed by atoms with Gasteiger partial charge in [-0.05, 0) is 57.4 Å². The summed E-state index contributed by atoms with van der Waals surface area (Å²) in [6.07, 6.45) is 10.3. The largest absolute Gasteiger partial charge is 0.458 e. The number of fused-ring (bicyclic) bond motifs is 2. The minimum absolute atomic E-state index is 0.247. The van der Waals surface area contributed by atoms with Crippen LogP contribution in [0.1, 0.15) is 95.2 Å². The van der Waals surface area contributed by atoms with E-state index in [-0.39, 0.29) is 5.92 Å². The standard InChI is InChI=1S/C24H33NO4S/c1-14-9-10-18-15(2)20(21-25-19(13-30-21)16-7-5-4-6-8-16)26-22-24(18)17(14)11-12-23(3,27-22)28-29-24/h13-14,16-18,22H,4-12H2,1-3H3/t14-,17+,18+,22?,23?,24-/m1/s1. The Morgan fingerprint density at radius 3 is 2.73 bits per heavy atom. The van der Waals surface area contributed by atoms with E-state index in [1.807, 2.05) is 6.92 Å². The zero-order chi connectivity index (χ0) is 20.5. The fourth-order valence-electron chi connectivity index (χ4n) is 6.81. The molecule has 30 heavy (non-hydrogen) atoms. The number of nitrogens with zero attached hydrogens (tertiary/aromatic N) is 1. The molecule has 0 amide bonds. The van der Waals surface area contributed by atoms with Gasteiger partial charge in [0.25, 0.3) is 0 Å². The minimum Gasteiger partial charge on any atom is -0.458 e. The first-order chi connectivity index (χ1) is 14.5. The van der Waals surface area contributed by atoms with Crippen LogP contribution in [0.2, 0.25) is 0 Å². The number of hydrogen-bond donors (Lipinski definition) is 0. The monoisotopic (exact) mass is 431 g/mol. The van der Waals surface area contributed by atoms with Crippen molar-refractivity contribution in [1.29, 1.82) is 0 Å². The van der Waals surface area contributed by atoms with Crippen LogP contribution >= 0.6 is 11.3 Å². The summed E-state index contributed by atoms with van der Waals surface area (Å²) in [5.41, 5.74) is 1.97. The molecule has 2 bridgehead atoms. The molecule has 0 radical (unpaired) electrons. The summed E-state index contributed by atoms with van der Waals surface area (Å²) in [5.74, 6) is 2.01. The molecule has 1 aromatic heterocycles. The lowest BCUT2D eigenvalue weighted by atomic mass is 9.59. The number of rotatable bonds is 2. The van der Waals surface area contributed by atoms with Crippen molar-refractivity contribution in [2.75, 3.05) is 0 Å². The molecule has 4 aliphatic heterocycles. The summed E-state index contributed by atoms with van der Waals surface area (Å²) in [6, 6.07) is 0. The van der Waals surface area contributed by atoms with E-state index >= 15 is 0 Å². The second-order valence-corrected chi connectivity index (χ2v) is 11.3. The normalized spacial score (nSPS) is 43.8. The number of hydrogen-bond acceptors (Lipinski definition) is 6. The van der Waals surface area contributed by atoms with Crippen LogP contribution in [0.25, 0.3) is 5.76 Å². The highest BCUT2D eigenvalue weighted by molar-refractivity contribution is 7.10. The van der Waals surface area contributed by atoms with Crippen molar-refractivity contribution in [2.24, 2.45) is 17.8 Å². The van der Waals surface area contributed by atoms with E-state index in [1.54, 1.807) is 11.3 Å². The predicted octanol–water partition coefficient (Wildman–Crippen LogP) is 6.17.